The summed E-state index contributed by atoms with van der Waals surface area (Å²) in [5, 5.41) is 7.91. The van der Waals surface area contributed by atoms with Crippen LogP contribution in [0, 0.1) is 6.92 Å². The highest BCUT2D eigenvalue weighted by Crippen LogP contribution is 2.26. The van der Waals surface area contributed by atoms with E-state index in [4.69, 9.17) is 5.73 Å². The van der Waals surface area contributed by atoms with E-state index in [9.17, 15) is 0 Å². The molecule has 0 bridgehead atoms. The van der Waals surface area contributed by atoms with Crippen LogP contribution in [0.15, 0.2) is 35.4 Å². The minimum atomic E-state index is 0.658. The van der Waals surface area contributed by atoms with E-state index in [1.54, 1.807) is 11.8 Å². The first-order chi connectivity index (χ1) is 7.27. The molecule has 0 aliphatic rings. The number of anilines is 1. The van der Waals surface area contributed by atoms with Gasteiger partial charge in [0.2, 0.25) is 0 Å². The molecule has 3 nitrogen and oxygen atoms in total. The maximum atomic E-state index is 5.68. The molecule has 15 heavy (non-hydrogen) atoms. The Morgan fingerprint density at radius 2 is 2.07 bits per heavy atom. The number of benzene rings is 1. The highest BCUT2D eigenvalue weighted by Gasteiger charge is 2.06. The topological polar surface area (TPSA) is 54.7 Å². The summed E-state index contributed by atoms with van der Waals surface area (Å²) in [6.45, 7) is 1.98. The predicted octanol–water partition coefficient (Wildman–Crippen LogP) is 2.59. The quantitative estimate of drug-likeness (QED) is 0.780. The normalized spacial score (nSPS) is 10.5. The number of nitrogen functional groups attached to an aromatic ring is 1. The fourth-order valence-electron chi connectivity index (χ4n) is 1.26. The number of aromatic amines is 1. The SMILES string of the molecule is Cc1c(SCc2ccccc2)n[nH]c1N. The highest BCUT2D eigenvalue weighted by atomic mass is 32.2. The summed E-state index contributed by atoms with van der Waals surface area (Å²) in [6, 6.07) is 10.3. The third-order valence-corrected chi connectivity index (χ3v) is 3.37. The van der Waals surface area contributed by atoms with Crippen molar-refractivity contribution >= 4 is 17.6 Å². The molecule has 1 aromatic heterocycles. The molecule has 0 atom stereocenters. The Bertz CT molecular complexity index is 436. The van der Waals surface area contributed by atoms with Crippen molar-refractivity contribution in [1.29, 1.82) is 0 Å². The second kappa shape index (κ2) is 4.40. The largest absolute Gasteiger partial charge is 0.384 e. The average molecular weight is 219 g/mol. The molecule has 2 aromatic rings. The van der Waals surface area contributed by atoms with Crippen molar-refractivity contribution in [2.24, 2.45) is 0 Å². The van der Waals surface area contributed by atoms with Crippen LogP contribution in [0.1, 0.15) is 11.1 Å². The number of nitrogens with zero attached hydrogens (tertiary/aromatic N) is 1. The van der Waals surface area contributed by atoms with E-state index in [0.29, 0.717) is 5.82 Å². The summed E-state index contributed by atoms with van der Waals surface area (Å²) in [5.74, 6) is 1.58. The van der Waals surface area contributed by atoms with Crippen LogP contribution in [0.5, 0.6) is 0 Å². The predicted molar refractivity (Wildman–Crippen MR) is 63.7 cm³/mol. The molecule has 0 amide bonds. The molecule has 0 fully saturated rings. The molecule has 0 aliphatic carbocycles. The summed E-state index contributed by atoms with van der Waals surface area (Å²) in [7, 11) is 0. The Kier molecular flexibility index (Phi) is 2.97. The van der Waals surface area contributed by atoms with E-state index >= 15 is 0 Å². The Morgan fingerprint density at radius 1 is 1.33 bits per heavy atom. The lowest BCUT2D eigenvalue weighted by Crippen LogP contribution is -1.86. The first-order valence-electron chi connectivity index (χ1n) is 4.74. The number of nitrogens with one attached hydrogen (secondary N) is 1. The van der Waals surface area contributed by atoms with Crippen molar-refractivity contribution < 1.29 is 0 Å². The van der Waals surface area contributed by atoms with E-state index < -0.39 is 0 Å². The van der Waals surface area contributed by atoms with Gasteiger partial charge in [0.15, 0.2) is 0 Å². The smallest absolute Gasteiger partial charge is 0.123 e. The Hall–Kier alpha value is -1.42. The van der Waals surface area contributed by atoms with Gasteiger partial charge in [0, 0.05) is 11.3 Å². The number of aromatic nitrogens is 2. The van der Waals surface area contributed by atoms with Crippen molar-refractivity contribution in [2.45, 2.75) is 17.7 Å². The monoisotopic (exact) mass is 219 g/mol. The van der Waals surface area contributed by atoms with Crippen LogP contribution in [0.2, 0.25) is 0 Å². The van der Waals surface area contributed by atoms with Gasteiger partial charge in [-0.25, -0.2) is 0 Å². The van der Waals surface area contributed by atoms with Crippen LogP contribution in [-0.2, 0) is 5.75 Å². The first-order valence-corrected chi connectivity index (χ1v) is 5.73. The second-order valence-corrected chi connectivity index (χ2v) is 4.31. The van der Waals surface area contributed by atoms with Crippen molar-refractivity contribution in [1.82, 2.24) is 10.2 Å². The standard InChI is InChI=1S/C11H13N3S/c1-8-10(12)13-14-11(8)15-7-9-5-3-2-4-6-9/h2-6H,7H2,1H3,(H3,12,13,14). The van der Waals surface area contributed by atoms with Gasteiger partial charge in [0.1, 0.15) is 10.8 Å². The Balaban J connectivity index is 2.02. The lowest BCUT2D eigenvalue weighted by atomic mass is 10.2. The minimum absolute atomic E-state index is 0.658. The van der Waals surface area contributed by atoms with Crippen molar-refractivity contribution in [3.63, 3.8) is 0 Å². The fraction of sp³-hybridized carbons (Fsp3) is 0.182. The van der Waals surface area contributed by atoms with E-state index in [1.165, 1.54) is 5.56 Å². The average Bonchev–Trinajstić information content (AvgIpc) is 2.59. The number of thioether (sulfide) groups is 1. The van der Waals surface area contributed by atoms with Gasteiger partial charge in [-0.3, -0.25) is 5.10 Å². The van der Waals surface area contributed by atoms with Gasteiger partial charge in [0.05, 0.1) is 0 Å². The maximum absolute atomic E-state index is 5.68. The van der Waals surface area contributed by atoms with Crippen LogP contribution in [0.25, 0.3) is 0 Å². The number of H-pyrrole nitrogens is 1. The Labute approximate surface area is 93.1 Å². The Morgan fingerprint density at radius 3 is 2.67 bits per heavy atom. The molecule has 0 aliphatic heterocycles. The van der Waals surface area contributed by atoms with Crippen LogP contribution in [-0.4, -0.2) is 10.2 Å². The summed E-state index contributed by atoms with van der Waals surface area (Å²) in [4.78, 5) is 0. The molecule has 0 unspecified atom stereocenters. The zero-order valence-electron chi connectivity index (χ0n) is 8.53. The zero-order valence-corrected chi connectivity index (χ0v) is 9.34. The second-order valence-electron chi connectivity index (χ2n) is 3.34. The van der Waals surface area contributed by atoms with Crippen molar-refractivity contribution in [2.75, 3.05) is 5.73 Å². The number of hydrogen-bond acceptors (Lipinski definition) is 3. The summed E-state index contributed by atoms with van der Waals surface area (Å²) >= 11 is 1.70. The minimum Gasteiger partial charge on any atom is -0.384 e. The van der Waals surface area contributed by atoms with Crippen LogP contribution in [0.4, 0.5) is 5.82 Å². The molecule has 2 rings (SSSR count). The molecule has 3 N–H and O–H groups in total. The molecule has 1 heterocycles. The summed E-state index contributed by atoms with van der Waals surface area (Å²) in [6.07, 6.45) is 0. The van der Waals surface area contributed by atoms with E-state index in [1.807, 2.05) is 25.1 Å². The lowest BCUT2D eigenvalue weighted by molar-refractivity contribution is 1.00. The molecular formula is C11H13N3S. The first kappa shape index (κ1) is 10.1. The molecule has 0 spiro atoms. The van der Waals surface area contributed by atoms with Crippen LogP contribution < -0.4 is 5.73 Å². The zero-order chi connectivity index (χ0) is 10.7. The van der Waals surface area contributed by atoms with E-state index in [-0.39, 0.29) is 0 Å². The molecular weight excluding hydrogens is 206 g/mol. The molecule has 0 saturated carbocycles. The number of nitrogens with two attached hydrogens (primary N) is 1. The third-order valence-electron chi connectivity index (χ3n) is 2.22. The summed E-state index contributed by atoms with van der Waals surface area (Å²) in [5.41, 5.74) is 8.01. The number of hydrogen-bond donors (Lipinski definition) is 2. The van der Waals surface area contributed by atoms with Gasteiger partial charge in [-0.2, -0.15) is 5.10 Å². The van der Waals surface area contributed by atoms with Crippen molar-refractivity contribution in [3.8, 4) is 0 Å². The third kappa shape index (κ3) is 2.33. The summed E-state index contributed by atoms with van der Waals surface area (Å²) < 4.78 is 0. The van der Waals surface area contributed by atoms with Gasteiger partial charge in [-0.1, -0.05) is 42.1 Å². The molecule has 1 aromatic carbocycles. The molecule has 0 saturated heterocycles. The van der Waals surface area contributed by atoms with E-state index in [2.05, 4.69) is 22.3 Å². The van der Waals surface area contributed by atoms with Gasteiger partial charge < -0.3 is 5.73 Å². The highest BCUT2D eigenvalue weighted by molar-refractivity contribution is 7.98. The lowest BCUT2D eigenvalue weighted by Gasteiger charge is -1.99. The van der Waals surface area contributed by atoms with Crippen LogP contribution in [0.3, 0.4) is 0 Å². The molecule has 78 valence electrons. The number of rotatable bonds is 3. The fourth-order valence-corrected chi connectivity index (χ4v) is 2.19. The van der Waals surface area contributed by atoms with E-state index in [0.717, 1.165) is 16.3 Å². The van der Waals surface area contributed by atoms with Crippen LogP contribution >= 0.6 is 11.8 Å². The maximum Gasteiger partial charge on any atom is 0.123 e. The van der Waals surface area contributed by atoms with Crippen molar-refractivity contribution in [3.05, 3.63) is 41.5 Å². The van der Waals surface area contributed by atoms with Gasteiger partial charge in [-0.05, 0) is 12.5 Å². The molecule has 0 radical (unpaired) electrons. The van der Waals surface area contributed by atoms with Gasteiger partial charge in [-0.15, -0.1) is 0 Å². The van der Waals surface area contributed by atoms with Gasteiger partial charge in [0.25, 0.3) is 0 Å². The van der Waals surface area contributed by atoms with Gasteiger partial charge >= 0.3 is 0 Å². The molecule has 4 heteroatoms.